The molecule has 3 unspecified atom stereocenters. The Kier molecular flexibility index (Phi) is 4.42. The van der Waals surface area contributed by atoms with E-state index < -0.39 is 0 Å². The van der Waals surface area contributed by atoms with Gasteiger partial charge in [0.15, 0.2) is 0 Å². The molecule has 1 saturated heterocycles. The van der Waals surface area contributed by atoms with Crippen LogP contribution in [0.3, 0.4) is 0 Å². The molecule has 18 heavy (non-hydrogen) atoms. The largest absolute Gasteiger partial charge is 0.369 e. The number of primary amides is 1. The lowest BCUT2D eigenvalue weighted by atomic mass is 10.1. The molecule has 0 spiro atoms. The van der Waals surface area contributed by atoms with E-state index in [1.54, 1.807) is 11.3 Å². The summed E-state index contributed by atoms with van der Waals surface area (Å²) in [4.78, 5) is 14.8. The SMILES string of the molecule is CC(N)C(c1ccc(Br)s1)N1CCC(C(N)=O)C1. The summed E-state index contributed by atoms with van der Waals surface area (Å²) < 4.78 is 1.11. The van der Waals surface area contributed by atoms with E-state index in [-0.39, 0.29) is 23.9 Å². The van der Waals surface area contributed by atoms with Crippen molar-refractivity contribution in [2.75, 3.05) is 13.1 Å². The average molecular weight is 332 g/mol. The Morgan fingerprint density at radius 3 is 2.78 bits per heavy atom. The number of rotatable bonds is 4. The van der Waals surface area contributed by atoms with E-state index >= 15 is 0 Å². The fourth-order valence-corrected chi connectivity index (χ4v) is 4.21. The molecular weight excluding hydrogens is 314 g/mol. The third kappa shape index (κ3) is 2.93. The van der Waals surface area contributed by atoms with Crippen LogP contribution in [0.5, 0.6) is 0 Å². The molecule has 1 aromatic heterocycles. The molecule has 1 fully saturated rings. The molecule has 0 bridgehead atoms. The fraction of sp³-hybridized carbons (Fsp3) is 0.583. The van der Waals surface area contributed by atoms with Crippen molar-refractivity contribution >= 4 is 33.2 Å². The minimum atomic E-state index is -0.201. The molecule has 1 aromatic rings. The van der Waals surface area contributed by atoms with Gasteiger partial charge in [-0.05, 0) is 48.0 Å². The minimum Gasteiger partial charge on any atom is -0.369 e. The van der Waals surface area contributed by atoms with E-state index in [0.717, 1.165) is 23.3 Å². The molecule has 100 valence electrons. The van der Waals surface area contributed by atoms with E-state index in [9.17, 15) is 4.79 Å². The molecule has 3 atom stereocenters. The Labute approximate surface area is 119 Å². The summed E-state index contributed by atoms with van der Waals surface area (Å²) in [6, 6.07) is 4.34. The predicted octanol–water partition coefficient (Wildman–Crippen LogP) is 1.71. The number of nitrogens with zero attached hydrogens (tertiary/aromatic N) is 1. The number of hydrogen-bond donors (Lipinski definition) is 2. The van der Waals surface area contributed by atoms with E-state index in [2.05, 4.69) is 26.9 Å². The summed E-state index contributed by atoms with van der Waals surface area (Å²) in [7, 11) is 0. The lowest BCUT2D eigenvalue weighted by Gasteiger charge is -2.30. The first-order chi connectivity index (χ1) is 8.49. The van der Waals surface area contributed by atoms with Crippen LogP contribution >= 0.6 is 27.3 Å². The van der Waals surface area contributed by atoms with Crippen molar-refractivity contribution in [1.82, 2.24) is 4.90 Å². The highest BCUT2D eigenvalue weighted by Gasteiger charge is 2.34. The number of hydrogen-bond acceptors (Lipinski definition) is 4. The van der Waals surface area contributed by atoms with Crippen molar-refractivity contribution in [2.24, 2.45) is 17.4 Å². The second-order valence-electron chi connectivity index (χ2n) is 4.83. The molecule has 0 aromatic carbocycles. The maximum Gasteiger partial charge on any atom is 0.221 e. The van der Waals surface area contributed by atoms with Crippen molar-refractivity contribution in [2.45, 2.75) is 25.4 Å². The lowest BCUT2D eigenvalue weighted by Crippen LogP contribution is -2.38. The summed E-state index contributed by atoms with van der Waals surface area (Å²) in [5.74, 6) is -0.233. The Hall–Kier alpha value is -0.430. The number of nitrogens with two attached hydrogens (primary N) is 2. The predicted molar refractivity (Wildman–Crippen MR) is 77.3 cm³/mol. The van der Waals surface area contributed by atoms with Crippen LogP contribution in [-0.4, -0.2) is 29.9 Å². The molecule has 1 aliphatic rings. The molecule has 0 saturated carbocycles. The first-order valence-corrected chi connectivity index (χ1v) is 7.64. The smallest absolute Gasteiger partial charge is 0.221 e. The van der Waals surface area contributed by atoms with Crippen molar-refractivity contribution < 1.29 is 4.79 Å². The van der Waals surface area contributed by atoms with Gasteiger partial charge in [0.2, 0.25) is 5.91 Å². The van der Waals surface area contributed by atoms with Crippen LogP contribution in [0.4, 0.5) is 0 Å². The van der Waals surface area contributed by atoms with Crippen LogP contribution in [0.25, 0.3) is 0 Å². The van der Waals surface area contributed by atoms with Gasteiger partial charge >= 0.3 is 0 Å². The summed E-state index contributed by atoms with van der Waals surface area (Å²) in [6.07, 6.45) is 0.838. The number of thiophene rings is 1. The molecule has 4 nitrogen and oxygen atoms in total. The standard InChI is InChI=1S/C12H18BrN3OS/c1-7(14)11(9-2-3-10(13)18-9)16-5-4-8(6-16)12(15)17/h2-3,7-8,11H,4-6,14H2,1H3,(H2,15,17). The Morgan fingerprint density at radius 1 is 1.61 bits per heavy atom. The van der Waals surface area contributed by atoms with Crippen LogP contribution in [0.15, 0.2) is 15.9 Å². The Balaban J connectivity index is 2.15. The third-order valence-electron chi connectivity index (χ3n) is 3.40. The topological polar surface area (TPSA) is 72.3 Å². The summed E-state index contributed by atoms with van der Waals surface area (Å²) in [5.41, 5.74) is 11.5. The first-order valence-electron chi connectivity index (χ1n) is 6.03. The summed E-state index contributed by atoms with van der Waals surface area (Å²) >= 11 is 5.18. The highest BCUT2D eigenvalue weighted by atomic mass is 79.9. The monoisotopic (exact) mass is 331 g/mol. The zero-order valence-corrected chi connectivity index (χ0v) is 12.7. The van der Waals surface area contributed by atoms with E-state index in [4.69, 9.17) is 11.5 Å². The van der Waals surface area contributed by atoms with Gasteiger partial charge in [-0.3, -0.25) is 9.69 Å². The normalized spacial score (nSPS) is 24.1. The van der Waals surface area contributed by atoms with Gasteiger partial charge in [-0.15, -0.1) is 11.3 Å². The number of carbonyl (C=O) groups is 1. The fourth-order valence-electron chi connectivity index (χ4n) is 2.53. The van der Waals surface area contributed by atoms with Crippen LogP contribution in [0.2, 0.25) is 0 Å². The van der Waals surface area contributed by atoms with Crippen molar-refractivity contribution in [3.05, 3.63) is 20.8 Å². The third-order valence-corrected chi connectivity index (χ3v) is 5.09. The lowest BCUT2D eigenvalue weighted by molar-refractivity contribution is -0.121. The Bertz CT molecular complexity index is 435. The number of likely N-dealkylation sites (tertiary alicyclic amines) is 1. The molecule has 0 aliphatic carbocycles. The van der Waals surface area contributed by atoms with Gasteiger partial charge in [-0.1, -0.05) is 0 Å². The highest BCUT2D eigenvalue weighted by molar-refractivity contribution is 9.11. The van der Waals surface area contributed by atoms with Crippen LogP contribution in [0.1, 0.15) is 24.3 Å². The molecule has 2 rings (SSSR count). The van der Waals surface area contributed by atoms with Gasteiger partial charge in [0, 0.05) is 17.5 Å². The van der Waals surface area contributed by atoms with Gasteiger partial charge in [0.1, 0.15) is 0 Å². The van der Waals surface area contributed by atoms with Crippen molar-refractivity contribution in [3.63, 3.8) is 0 Å². The molecule has 0 radical (unpaired) electrons. The van der Waals surface area contributed by atoms with Gasteiger partial charge in [0.25, 0.3) is 0 Å². The van der Waals surface area contributed by atoms with E-state index in [1.807, 2.05) is 13.0 Å². The van der Waals surface area contributed by atoms with E-state index in [0.29, 0.717) is 0 Å². The number of carbonyl (C=O) groups excluding carboxylic acids is 1. The minimum absolute atomic E-state index is 0.0298. The summed E-state index contributed by atoms with van der Waals surface area (Å²) in [6.45, 7) is 3.61. The second-order valence-corrected chi connectivity index (χ2v) is 7.32. The second kappa shape index (κ2) is 5.69. The van der Waals surface area contributed by atoms with E-state index in [1.165, 1.54) is 4.88 Å². The van der Waals surface area contributed by atoms with Crippen LogP contribution < -0.4 is 11.5 Å². The van der Waals surface area contributed by atoms with Gasteiger partial charge in [-0.25, -0.2) is 0 Å². The zero-order chi connectivity index (χ0) is 13.3. The Morgan fingerprint density at radius 2 is 2.33 bits per heavy atom. The zero-order valence-electron chi connectivity index (χ0n) is 10.3. The maximum absolute atomic E-state index is 11.2. The maximum atomic E-state index is 11.2. The first kappa shape index (κ1) is 14.0. The van der Waals surface area contributed by atoms with Crippen molar-refractivity contribution in [3.8, 4) is 0 Å². The van der Waals surface area contributed by atoms with Crippen molar-refractivity contribution in [1.29, 1.82) is 0 Å². The quantitative estimate of drug-likeness (QED) is 0.882. The molecule has 4 N–H and O–H groups in total. The summed E-state index contributed by atoms with van der Waals surface area (Å²) in [5, 5.41) is 0. The highest BCUT2D eigenvalue weighted by Crippen LogP contribution is 2.35. The average Bonchev–Trinajstić information content (AvgIpc) is 2.88. The number of amides is 1. The van der Waals surface area contributed by atoms with Crippen LogP contribution in [0, 0.1) is 5.92 Å². The number of halogens is 1. The van der Waals surface area contributed by atoms with Gasteiger partial charge < -0.3 is 11.5 Å². The molecule has 1 aliphatic heterocycles. The van der Waals surface area contributed by atoms with Crippen LogP contribution in [-0.2, 0) is 4.79 Å². The van der Waals surface area contributed by atoms with Gasteiger partial charge in [-0.2, -0.15) is 0 Å². The molecule has 6 heteroatoms. The molecular formula is C12H18BrN3OS. The molecule has 1 amide bonds. The molecule has 2 heterocycles. The van der Waals surface area contributed by atoms with Gasteiger partial charge in [0.05, 0.1) is 15.7 Å².